The number of nitrogens with two attached hydrogens (primary N) is 1. The molecule has 1 unspecified atom stereocenters. The van der Waals surface area contributed by atoms with Gasteiger partial charge in [-0.15, -0.1) is 0 Å². The summed E-state index contributed by atoms with van der Waals surface area (Å²) in [4.78, 5) is 0. The molecule has 2 nitrogen and oxygen atoms in total. The quantitative estimate of drug-likeness (QED) is 0.682. The van der Waals surface area contributed by atoms with Crippen LogP contribution in [0.3, 0.4) is 0 Å². The van der Waals surface area contributed by atoms with Crippen LogP contribution < -0.4 is 11.1 Å². The van der Waals surface area contributed by atoms with Gasteiger partial charge in [-0.3, -0.25) is 0 Å². The maximum Gasteiger partial charge on any atom is 0.0388 e. The minimum absolute atomic E-state index is 0.198. The van der Waals surface area contributed by atoms with Crippen LogP contribution in [0.5, 0.6) is 0 Å². The van der Waals surface area contributed by atoms with Crippen molar-refractivity contribution in [2.24, 2.45) is 5.73 Å². The van der Waals surface area contributed by atoms with E-state index in [0.29, 0.717) is 0 Å². The van der Waals surface area contributed by atoms with E-state index in [1.807, 2.05) is 0 Å². The molecule has 1 aromatic carbocycles. The van der Waals surface area contributed by atoms with Crippen LogP contribution in [0.2, 0.25) is 0 Å². The summed E-state index contributed by atoms with van der Waals surface area (Å²) in [5, 5.41) is 3.39. The fraction of sp³-hybridized carbons (Fsp3) is 0.538. The van der Waals surface area contributed by atoms with Gasteiger partial charge >= 0.3 is 0 Å². The van der Waals surface area contributed by atoms with Crippen molar-refractivity contribution in [1.82, 2.24) is 0 Å². The highest BCUT2D eigenvalue weighted by molar-refractivity contribution is 5.56. The number of benzene rings is 1. The fourth-order valence-electron chi connectivity index (χ4n) is 2.01. The Balaban J connectivity index is 2.44. The lowest BCUT2D eigenvalue weighted by atomic mass is 9.84. The Morgan fingerprint density at radius 1 is 1.33 bits per heavy atom. The number of anilines is 1. The average molecular weight is 204 g/mol. The van der Waals surface area contributed by atoms with E-state index >= 15 is 0 Å². The predicted octanol–water partition coefficient (Wildman–Crippen LogP) is 2.80. The Morgan fingerprint density at radius 2 is 2.07 bits per heavy atom. The van der Waals surface area contributed by atoms with Gasteiger partial charge < -0.3 is 11.1 Å². The first kappa shape index (κ1) is 10.5. The van der Waals surface area contributed by atoms with E-state index in [9.17, 15) is 0 Å². The summed E-state index contributed by atoms with van der Waals surface area (Å²) >= 11 is 0. The fourth-order valence-corrected chi connectivity index (χ4v) is 2.01. The minimum atomic E-state index is 0.198. The molecule has 2 rings (SSSR count). The van der Waals surface area contributed by atoms with Crippen LogP contribution in [-0.4, -0.2) is 6.54 Å². The molecule has 82 valence electrons. The third-order valence-corrected chi connectivity index (χ3v) is 3.09. The first-order valence-corrected chi connectivity index (χ1v) is 5.62. The lowest BCUT2D eigenvalue weighted by Gasteiger charge is -2.27. The van der Waals surface area contributed by atoms with Gasteiger partial charge in [0.15, 0.2) is 0 Å². The molecule has 1 aliphatic rings. The van der Waals surface area contributed by atoms with Crippen LogP contribution in [0.4, 0.5) is 5.69 Å². The molecule has 1 atom stereocenters. The zero-order valence-electron chi connectivity index (χ0n) is 9.80. The van der Waals surface area contributed by atoms with Crippen LogP contribution in [0.1, 0.15) is 44.4 Å². The van der Waals surface area contributed by atoms with Gasteiger partial charge in [-0.25, -0.2) is 0 Å². The van der Waals surface area contributed by atoms with Gasteiger partial charge in [0.2, 0.25) is 0 Å². The molecule has 15 heavy (non-hydrogen) atoms. The molecule has 0 saturated heterocycles. The molecule has 0 bridgehead atoms. The Morgan fingerprint density at radius 3 is 2.73 bits per heavy atom. The zero-order valence-corrected chi connectivity index (χ0v) is 9.80. The van der Waals surface area contributed by atoms with Crippen LogP contribution in [-0.2, 0) is 5.41 Å². The predicted molar refractivity (Wildman–Crippen MR) is 65.2 cm³/mol. The maximum atomic E-state index is 6.12. The zero-order chi connectivity index (χ0) is 11.1. The van der Waals surface area contributed by atoms with E-state index in [0.717, 1.165) is 13.0 Å². The third-order valence-electron chi connectivity index (χ3n) is 3.09. The molecule has 2 heteroatoms. The molecular formula is C13H20N2. The monoisotopic (exact) mass is 204 g/mol. The molecule has 0 radical (unpaired) electrons. The first-order chi connectivity index (χ1) is 6.98. The van der Waals surface area contributed by atoms with Crippen molar-refractivity contribution in [2.45, 2.75) is 38.6 Å². The summed E-state index contributed by atoms with van der Waals surface area (Å²) < 4.78 is 0. The summed E-state index contributed by atoms with van der Waals surface area (Å²) in [6.07, 6.45) is 1.03. The van der Waals surface area contributed by atoms with Crippen molar-refractivity contribution in [2.75, 3.05) is 11.9 Å². The largest absolute Gasteiger partial charge is 0.385 e. The summed E-state index contributed by atoms with van der Waals surface area (Å²) in [5.41, 5.74) is 10.2. The second-order valence-electron chi connectivity index (χ2n) is 5.37. The molecule has 1 aromatic rings. The highest BCUT2D eigenvalue weighted by Gasteiger charge is 2.20. The Bertz CT molecular complexity index is 363. The average Bonchev–Trinajstić information content (AvgIpc) is 2.16. The minimum Gasteiger partial charge on any atom is -0.385 e. The van der Waals surface area contributed by atoms with E-state index in [2.05, 4.69) is 44.3 Å². The van der Waals surface area contributed by atoms with Gasteiger partial charge in [0.25, 0.3) is 0 Å². The smallest absolute Gasteiger partial charge is 0.0388 e. The summed E-state index contributed by atoms with van der Waals surface area (Å²) in [5.74, 6) is 0. The van der Waals surface area contributed by atoms with Crippen molar-refractivity contribution in [3.63, 3.8) is 0 Å². The highest BCUT2D eigenvalue weighted by Crippen LogP contribution is 2.32. The Kier molecular flexibility index (Phi) is 2.47. The van der Waals surface area contributed by atoms with Crippen LogP contribution in [0, 0.1) is 0 Å². The van der Waals surface area contributed by atoms with Crippen LogP contribution in [0.25, 0.3) is 0 Å². The van der Waals surface area contributed by atoms with E-state index < -0.39 is 0 Å². The number of hydrogen-bond acceptors (Lipinski definition) is 2. The standard InChI is InChI=1S/C13H20N2/c1-13(2,3)9-4-5-12-10(8-9)11(14)6-7-15-12/h4-5,8,11,15H,6-7,14H2,1-3H3. The molecule has 0 aromatic heterocycles. The first-order valence-electron chi connectivity index (χ1n) is 5.62. The van der Waals surface area contributed by atoms with Gasteiger partial charge in [0.1, 0.15) is 0 Å². The van der Waals surface area contributed by atoms with E-state index in [1.54, 1.807) is 0 Å². The van der Waals surface area contributed by atoms with Crippen molar-refractivity contribution in [1.29, 1.82) is 0 Å². The molecule has 3 N–H and O–H groups in total. The van der Waals surface area contributed by atoms with Crippen LogP contribution in [0.15, 0.2) is 18.2 Å². The van der Waals surface area contributed by atoms with Crippen molar-refractivity contribution >= 4 is 5.69 Å². The molecular weight excluding hydrogens is 184 g/mol. The molecule has 0 amide bonds. The highest BCUT2D eigenvalue weighted by atomic mass is 14.9. The van der Waals surface area contributed by atoms with Crippen LogP contribution >= 0.6 is 0 Å². The van der Waals surface area contributed by atoms with E-state index in [1.165, 1.54) is 16.8 Å². The molecule has 1 aliphatic heterocycles. The third kappa shape index (κ3) is 2.00. The number of nitrogens with one attached hydrogen (secondary N) is 1. The Hall–Kier alpha value is -1.02. The van der Waals surface area contributed by atoms with E-state index in [4.69, 9.17) is 5.73 Å². The number of fused-ring (bicyclic) bond motifs is 1. The topological polar surface area (TPSA) is 38.0 Å². The summed E-state index contributed by atoms with van der Waals surface area (Å²) in [6, 6.07) is 6.81. The lowest BCUT2D eigenvalue weighted by Crippen LogP contribution is -2.23. The number of hydrogen-bond donors (Lipinski definition) is 2. The lowest BCUT2D eigenvalue weighted by molar-refractivity contribution is 0.584. The number of rotatable bonds is 0. The maximum absolute atomic E-state index is 6.12. The molecule has 0 fully saturated rings. The normalized spacial score (nSPS) is 20.7. The second kappa shape index (κ2) is 3.53. The molecule has 0 saturated carbocycles. The molecule has 0 aliphatic carbocycles. The van der Waals surface area contributed by atoms with Crippen molar-refractivity contribution in [3.05, 3.63) is 29.3 Å². The van der Waals surface area contributed by atoms with Gasteiger partial charge in [-0.05, 0) is 29.0 Å². The summed E-state index contributed by atoms with van der Waals surface area (Å²) in [6.45, 7) is 7.69. The molecule has 0 spiro atoms. The Labute approximate surface area is 91.9 Å². The van der Waals surface area contributed by atoms with Gasteiger partial charge in [0.05, 0.1) is 0 Å². The van der Waals surface area contributed by atoms with Crippen molar-refractivity contribution in [3.8, 4) is 0 Å². The van der Waals surface area contributed by atoms with Gasteiger partial charge in [-0.1, -0.05) is 32.9 Å². The van der Waals surface area contributed by atoms with Gasteiger partial charge in [-0.2, -0.15) is 0 Å². The van der Waals surface area contributed by atoms with Gasteiger partial charge in [0, 0.05) is 18.3 Å². The van der Waals surface area contributed by atoms with E-state index in [-0.39, 0.29) is 11.5 Å². The van der Waals surface area contributed by atoms with Crippen molar-refractivity contribution < 1.29 is 0 Å². The SMILES string of the molecule is CC(C)(C)c1ccc2c(c1)C(N)CCN2. The molecule has 1 heterocycles. The second-order valence-corrected chi connectivity index (χ2v) is 5.37. The summed E-state index contributed by atoms with van der Waals surface area (Å²) in [7, 11) is 0.